The summed E-state index contributed by atoms with van der Waals surface area (Å²) in [5, 5.41) is 0.626. The molecular formula is C20H20Cl2N2O3. The van der Waals surface area contributed by atoms with Crippen molar-refractivity contribution in [1.82, 2.24) is 4.90 Å². The van der Waals surface area contributed by atoms with E-state index >= 15 is 0 Å². The highest BCUT2D eigenvalue weighted by Gasteiger charge is 2.28. The highest BCUT2D eigenvalue weighted by atomic mass is 35.5. The van der Waals surface area contributed by atoms with Gasteiger partial charge in [0.15, 0.2) is 6.10 Å². The maximum absolute atomic E-state index is 12.6. The molecule has 1 atom stereocenters. The summed E-state index contributed by atoms with van der Waals surface area (Å²) in [5.41, 5.74) is 1.33. The third-order valence-electron chi connectivity index (χ3n) is 4.50. The average molecular weight is 407 g/mol. The van der Waals surface area contributed by atoms with Crippen molar-refractivity contribution < 1.29 is 14.3 Å². The lowest BCUT2D eigenvalue weighted by Gasteiger charge is -2.37. The fraction of sp³-hybridized carbons (Fsp3) is 0.300. The van der Waals surface area contributed by atoms with Gasteiger partial charge in [-0.3, -0.25) is 4.79 Å². The second-order valence-electron chi connectivity index (χ2n) is 6.32. The van der Waals surface area contributed by atoms with E-state index in [1.807, 2.05) is 18.2 Å². The Bertz CT molecular complexity index is 821. The Morgan fingerprint density at radius 1 is 1.00 bits per heavy atom. The second kappa shape index (κ2) is 8.63. The van der Waals surface area contributed by atoms with E-state index in [0.717, 1.165) is 18.8 Å². The minimum Gasteiger partial charge on any atom is -0.449 e. The molecule has 0 radical (unpaired) electrons. The number of halogens is 2. The number of carbonyl (C=O) groups excluding carboxylic acids is 2. The van der Waals surface area contributed by atoms with Gasteiger partial charge in [-0.05, 0) is 37.3 Å². The molecule has 1 unspecified atom stereocenters. The first-order valence-corrected chi connectivity index (χ1v) is 9.46. The topological polar surface area (TPSA) is 49.9 Å². The first-order chi connectivity index (χ1) is 13.0. The molecule has 0 saturated carbocycles. The van der Waals surface area contributed by atoms with Gasteiger partial charge in [0.2, 0.25) is 0 Å². The fourth-order valence-corrected chi connectivity index (χ4v) is 3.50. The lowest BCUT2D eigenvalue weighted by molar-refractivity contribution is -0.140. The van der Waals surface area contributed by atoms with Gasteiger partial charge in [0.1, 0.15) is 0 Å². The van der Waals surface area contributed by atoms with E-state index in [2.05, 4.69) is 17.0 Å². The maximum atomic E-state index is 12.6. The van der Waals surface area contributed by atoms with Crippen molar-refractivity contribution in [3.8, 4) is 0 Å². The minimum atomic E-state index is -0.882. The van der Waals surface area contributed by atoms with Gasteiger partial charge in [-0.15, -0.1) is 0 Å². The second-order valence-corrected chi connectivity index (χ2v) is 7.16. The molecule has 0 aliphatic carbocycles. The van der Waals surface area contributed by atoms with E-state index in [4.69, 9.17) is 27.9 Å². The van der Waals surface area contributed by atoms with Crippen LogP contribution in [-0.2, 0) is 9.53 Å². The number of para-hydroxylation sites is 1. The quantitative estimate of drug-likeness (QED) is 0.722. The molecule has 0 aromatic heterocycles. The Morgan fingerprint density at radius 3 is 2.30 bits per heavy atom. The van der Waals surface area contributed by atoms with Crippen LogP contribution in [0.3, 0.4) is 0 Å². The van der Waals surface area contributed by atoms with E-state index in [-0.39, 0.29) is 16.5 Å². The Balaban J connectivity index is 1.55. The van der Waals surface area contributed by atoms with Crippen molar-refractivity contribution in [2.45, 2.75) is 13.0 Å². The van der Waals surface area contributed by atoms with Crippen LogP contribution in [0, 0.1) is 0 Å². The summed E-state index contributed by atoms with van der Waals surface area (Å²) in [4.78, 5) is 28.9. The van der Waals surface area contributed by atoms with Gasteiger partial charge in [-0.25, -0.2) is 4.79 Å². The molecule has 0 N–H and O–H groups in total. The van der Waals surface area contributed by atoms with E-state index in [1.165, 1.54) is 12.1 Å². The van der Waals surface area contributed by atoms with Crippen LogP contribution in [-0.4, -0.2) is 49.1 Å². The standard InChI is InChI=1S/C20H20Cl2N2O3/c1-14(27-20(26)17-8-7-15(21)13-18(17)22)19(25)24-11-9-23(10-12-24)16-5-3-2-4-6-16/h2-8,13-14H,9-12H2,1H3. The first kappa shape index (κ1) is 19.5. The Kier molecular flexibility index (Phi) is 6.24. The number of benzene rings is 2. The summed E-state index contributed by atoms with van der Waals surface area (Å²) in [6.45, 7) is 4.21. The number of hydrogen-bond acceptors (Lipinski definition) is 4. The van der Waals surface area contributed by atoms with Crippen molar-refractivity contribution >= 4 is 40.8 Å². The number of carbonyl (C=O) groups is 2. The molecule has 27 heavy (non-hydrogen) atoms. The first-order valence-electron chi connectivity index (χ1n) is 8.70. The van der Waals surface area contributed by atoms with Crippen molar-refractivity contribution in [2.24, 2.45) is 0 Å². The summed E-state index contributed by atoms with van der Waals surface area (Å²) in [7, 11) is 0. The van der Waals surface area contributed by atoms with Crippen LogP contribution in [0.2, 0.25) is 10.0 Å². The van der Waals surface area contributed by atoms with Crippen LogP contribution >= 0.6 is 23.2 Å². The number of piperazine rings is 1. The number of esters is 1. The maximum Gasteiger partial charge on any atom is 0.340 e. The van der Waals surface area contributed by atoms with Crippen molar-refractivity contribution in [1.29, 1.82) is 0 Å². The van der Waals surface area contributed by atoms with Crippen LogP contribution in [0.4, 0.5) is 5.69 Å². The van der Waals surface area contributed by atoms with E-state index in [1.54, 1.807) is 17.9 Å². The van der Waals surface area contributed by atoms with Crippen LogP contribution in [0.1, 0.15) is 17.3 Å². The highest BCUT2D eigenvalue weighted by molar-refractivity contribution is 6.36. The molecule has 1 aliphatic rings. The Morgan fingerprint density at radius 2 is 1.67 bits per heavy atom. The number of nitrogens with zero attached hydrogens (tertiary/aromatic N) is 2. The van der Waals surface area contributed by atoms with Gasteiger partial charge in [0.05, 0.1) is 10.6 Å². The van der Waals surface area contributed by atoms with Gasteiger partial charge in [0, 0.05) is 36.9 Å². The Hall–Kier alpha value is -2.24. The summed E-state index contributed by atoms with van der Waals surface area (Å²) >= 11 is 11.9. The summed E-state index contributed by atoms with van der Waals surface area (Å²) in [6, 6.07) is 14.6. The fourth-order valence-electron chi connectivity index (χ4n) is 3.01. The minimum absolute atomic E-state index is 0.189. The highest BCUT2D eigenvalue weighted by Crippen LogP contribution is 2.22. The molecule has 0 bridgehead atoms. The molecule has 1 heterocycles. The van der Waals surface area contributed by atoms with E-state index in [9.17, 15) is 9.59 Å². The smallest absolute Gasteiger partial charge is 0.340 e. The predicted molar refractivity (Wildman–Crippen MR) is 107 cm³/mol. The van der Waals surface area contributed by atoms with E-state index < -0.39 is 12.1 Å². The molecule has 5 nitrogen and oxygen atoms in total. The molecule has 1 aliphatic heterocycles. The van der Waals surface area contributed by atoms with Gasteiger partial charge in [0.25, 0.3) is 5.91 Å². The monoisotopic (exact) mass is 406 g/mol. The van der Waals surface area contributed by atoms with Crippen LogP contribution in [0.25, 0.3) is 0 Å². The van der Waals surface area contributed by atoms with Crippen LogP contribution < -0.4 is 4.90 Å². The van der Waals surface area contributed by atoms with Crippen LogP contribution in [0.15, 0.2) is 48.5 Å². The zero-order valence-corrected chi connectivity index (χ0v) is 16.4. The molecule has 1 amide bonds. The lowest BCUT2D eigenvalue weighted by atomic mass is 10.2. The summed E-state index contributed by atoms with van der Waals surface area (Å²) in [5.74, 6) is -0.846. The van der Waals surface area contributed by atoms with Gasteiger partial charge >= 0.3 is 5.97 Å². The predicted octanol–water partition coefficient (Wildman–Crippen LogP) is 3.89. The molecule has 1 fully saturated rings. The third-order valence-corrected chi connectivity index (χ3v) is 5.04. The molecule has 0 spiro atoms. The van der Waals surface area contributed by atoms with Crippen molar-refractivity contribution in [3.63, 3.8) is 0 Å². The van der Waals surface area contributed by atoms with Gasteiger partial charge in [-0.1, -0.05) is 41.4 Å². The molecule has 2 aromatic carbocycles. The normalized spacial score (nSPS) is 15.4. The number of rotatable bonds is 4. The lowest BCUT2D eigenvalue weighted by Crippen LogP contribution is -2.51. The van der Waals surface area contributed by atoms with Crippen LogP contribution in [0.5, 0.6) is 0 Å². The zero-order chi connectivity index (χ0) is 19.4. The number of amides is 1. The average Bonchev–Trinajstić information content (AvgIpc) is 2.68. The van der Waals surface area contributed by atoms with Gasteiger partial charge in [-0.2, -0.15) is 0 Å². The van der Waals surface area contributed by atoms with E-state index in [0.29, 0.717) is 18.1 Å². The van der Waals surface area contributed by atoms with Crippen molar-refractivity contribution in [3.05, 3.63) is 64.1 Å². The van der Waals surface area contributed by atoms with Crippen molar-refractivity contribution in [2.75, 3.05) is 31.1 Å². The molecule has 3 rings (SSSR count). The summed E-state index contributed by atoms with van der Waals surface area (Å²) in [6.07, 6.45) is -0.882. The zero-order valence-electron chi connectivity index (χ0n) is 14.9. The number of ether oxygens (including phenoxy) is 1. The third kappa shape index (κ3) is 4.73. The summed E-state index contributed by atoms with van der Waals surface area (Å²) < 4.78 is 5.31. The molecule has 7 heteroatoms. The number of hydrogen-bond donors (Lipinski definition) is 0. The number of anilines is 1. The largest absolute Gasteiger partial charge is 0.449 e. The molecule has 1 saturated heterocycles. The molecular weight excluding hydrogens is 387 g/mol. The molecule has 142 valence electrons. The molecule has 2 aromatic rings. The Labute approximate surface area is 168 Å². The SMILES string of the molecule is CC(OC(=O)c1ccc(Cl)cc1Cl)C(=O)N1CCN(c2ccccc2)CC1. The van der Waals surface area contributed by atoms with Gasteiger partial charge < -0.3 is 14.5 Å².